The zero-order valence-corrected chi connectivity index (χ0v) is 40.5. The van der Waals surface area contributed by atoms with E-state index in [9.17, 15) is 19.5 Å². The molecule has 0 saturated carbocycles. The molecule has 1 heterocycles. The minimum atomic E-state index is -1.10. The molecule has 0 radical (unpaired) electrons. The number of nitrogens with one attached hydrogen (secondary N) is 1. The van der Waals surface area contributed by atoms with Crippen molar-refractivity contribution in [2.75, 3.05) is 5.32 Å². The molecular weight excluding hydrogens is 928 g/mol. The minimum Gasteiger partial charge on any atom is -0.383 e. The third-order valence-electron chi connectivity index (χ3n) is 10.6. The van der Waals surface area contributed by atoms with Gasteiger partial charge >= 0.3 is 26.2 Å². The van der Waals surface area contributed by atoms with Crippen molar-refractivity contribution in [3.63, 3.8) is 0 Å². The first-order valence-corrected chi connectivity index (χ1v) is 21.9. The van der Waals surface area contributed by atoms with Gasteiger partial charge in [-0.1, -0.05) is 153 Å². The maximum atomic E-state index is 11.5. The predicted molar refractivity (Wildman–Crippen MR) is 279 cm³/mol. The number of benzene rings is 8. The Labute approximate surface area is 426 Å². The number of carbonyl (C=O) groups excluding carboxylic acids is 3. The molecular formula is C62H55N2O4Zr-. The van der Waals surface area contributed by atoms with Gasteiger partial charge in [-0.2, -0.15) is 53.1 Å². The number of rotatable bonds is 12. The fourth-order valence-electron chi connectivity index (χ4n) is 7.17. The molecule has 7 heteroatoms. The number of hydrogen-bond donors (Lipinski definition) is 2. The number of pyridine rings is 1. The molecule has 0 aliphatic carbocycles. The van der Waals surface area contributed by atoms with E-state index in [2.05, 4.69) is 115 Å². The van der Waals surface area contributed by atoms with Gasteiger partial charge < -0.3 is 24.8 Å². The fourth-order valence-corrected chi connectivity index (χ4v) is 7.17. The van der Waals surface area contributed by atoms with Crippen molar-refractivity contribution in [1.82, 2.24) is 4.98 Å². The van der Waals surface area contributed by atoms with Crippen molar-refractivity contribution in [3.05, 3.63) is 276 Å². The third kappa shape index (κ3) is 16.7. The second kappa shape index (κ2) is 28.7. The van der Waals surface area contributed by atoms with E-state index in [-0.39, 0.29) is 39.7 Å². The summed E-state index contributed by atoms with van der Waals surface area (Å²) in [5.41, 5.74) is 11.2. The molecule has 6 nitrogen and oxygen atoms in total. The topological polar surface area (TPSA) is 96.4 Å². The van der Waals surface area contributed by atoms with Crippen molar-refractivity contribution in [1.29, 1.82) is 0 Å². The van der Waals surface area contributed by atoms with Gasteiger partial charge in [0, 0.05) is 17.5 Å². The second-order valence-corrected chi connectivity index (χ2v) is 15.7. The second-order valence-electron chi connectivity index (χ2n) is 15.7. The molecule has 0 fully saturated rings. The van der Waals surface area contributed by atoms with E-state index in [1.54, 1.807) is 91.7 Å². The van der Waals surface area contributed by atoms with Crippen LogP contribution in [0.4, 0.5) is 5.69 Å². The van der Waals surface area contributed by atoms with Crippen molar-refractivity contribution < 1.29 is 45.7 Å². The molecule has 1 aromatic heterocycles. The van der Waals surface area contributed by atoms with Gasteiger partial charge in [-0.3, -0.25) is 4.98 Å². The zero-order chi connectivity index (χ0) is 47.1. The quantitative estimate of drug-likeness (QED) is 0.118. The van der Waals surface area contributed by atoms with Gasteiger partial charge in [-0.15, -0.1) is 36.4 Å². The number of aromatic nitrogens is 1. The van der Waals surface area contributed by atoms with Gasteiger partial charge in [0.15, 0.2) is 0 Å². The maximum Gasteiger partial charge on any atom is 2.00 e. The number of hydrogen-bond acceptors (Lipinski definition) is 6. The van der Waals surface area contributed by atoms with Crippen molar-refractivity contribution >= 4 is 24.5 Å². The molecule has 0 spiro atoms. The normalized spacial score (nSPS) is 11.2. The fraction of sp³-hybridized carbons (Fsp3) is 0.0968. The van der Waals surface area contributed by atoms with E-state index in [0.717, 1.165) is 44.8 Å². The van der Waals surface area contributed by atoms with Crippen LogP contribution in [0, 0.1) is 0 Å². The van der Waals surface area contributed by atoms with Gasteiger partial charge in [-0.25, -0.2) is 0 Å². The summed E-state index contributed by atoms with van der Waals surface area (Å²) in [6.07, 6.45) is 5.82. The van der Waals surface area contributed by atoms with E-state index < -0.39 is 5.60 Å². The summed E-state index contributed by atoms with van der Waals surface area (Å²) in [7, 11) is 0. The molecule has 0 bridgehead atoms. The molecule has 2 N–H and O–H groups in total. The monoisotopic (exact) mass is 981 g/mol. The van der Waals surface area contributed by atoms with E-state index >= 15 is 0 Å². The van der Waals surface area contributed by atoms with Crippen LogP contribution in [0.25, 0.3) is 33.4 Å². The first-order chi connectivity index (χ1) is 32.8. The average molecular weight is 983 g/mol. The predicted octanol–water partition coefficient (Wildman–Crippen LogP) is 13.8. The summed E-state index contributed by atoms with van der Waals surface area (Å²) in [4.78, 5) is 34.6. The summed E-state index contributed by atoms with van der Waals surface area (Å²) in [6.45, 7) is 3.97. The van der Waals surface area contributed by atoms with Crippen LogP contribution >= 0.6 is 0 Å². The molecule has 69 heavy (non-hydrogen) atoms. The standard InChI is InChI=1S/C40H36N2O.3C7H5O.CH4.Zr/c1-29(37-24-15-25-38(42-37)40(2,43)28-30-16-7-3-8-17-30)41-39-35(32-20-11-5-12-21-32)26-34(31-18-9-4-10-19-31)27-36(39)33-22-13-6-14-23-33;3*8-6-7-4-2-1-3-5-7;;/h3-27,29,41,43H,28H2,1-2H3;3*1-5H;1H4;/q;3*-1;;+2. The Kier molecular flexibility index (Phi) is 22.5. The Bertz CT molecular complexity index is 2700. The van der Waals surface area contributed by atoms with Crippen molar-refractivity contribution in [2.24, 2.45) is 0 Å². The first kappa shape index (κ1) is 54.2. The van der Waals surface area contributed by atoms with Crippen LogP contribution in [-0.4, -0.2) is 28.9 Å². The first-order valence-electron chi connectivity index (χ1n) is 21.9. The van der Waals surface area contributed by atoms with E-state index in [1.807, 2.05) is 73.7 Å². The Hall–Kier alpha value is -7.44. The average Bonchev–Trinajstić information content (AvgIpc) is 3.41. The molecule has 2 atom stereocenters. The number of anilines is 1. The molecule has 0 amide bonds. The van der Waals surface area contributed by atoms with Crippen LogP contribution in [0.2, 0.25) is 0 Å². The zero-order valence-electron chi connectivity index (χ0n) is 38.0. The molecule has 8 aromatic carbocycles. The SMILES string of the molecule is C.CC(Nc1c(-c2ccccc2)cc(-c2ccccc2)cc1-c1ccccc1)c1cccc(C(C)(O)Cc2ccccc2)n1.O=[C-]c1ccccc1.O=[C-]c1ccccc1.O=[C-]c1ccccc1.[Zr+2]. The van der Waals surface area contributed by atoms with Gasteiger partial charge in [-0.05, 0) is 65.9 Å². The summed E-state index contributed by atoms with van der Waals surface area (Å²) in [5, 5.41) is 15.3. The van der Waals surface area contributed by atoms with E-state index in [0.29, 0.717) is 28.8 Å². The van der Waals surface area contributed by atoms with Crippen molar-refractivity contribution in [2.45, 2.75) is 39.3 Å². The molecule has 0 aliphatic rings. The Morgan fingerprint density at radius 3 is 1.19 bits per heavy atom. The number of aliphatic hydroxyl groups is 1. The van der Waals surface area contributed by atoms with Crippen LogP contribution in [0.15, 0.2) is 243 Å². The molecule has 0 aliphatic heterocycles. The summed E-state index contributed by atoms with van der Waals surface area (Å²) >= 11 is 0. The molecule has 2 unspecified atom stereocenters. The third-order valence-corrected chi connectivity index (χ3v) is 10.6. The van der Waals surface area contributed by atoms with Gasteiger partial charge in [0.1, 0.15) is 5.60 Å². The number of nitrogens with zero attached hydrogens (tertiary/aromatic N) is 1. The summed E-state index contributed by atoms with van der Waals surface area (Å²) in [6, 6.07) is 78.8. The van der Waals surface area contributed by atoms with Crippen molar-refractivity contribution in [3.8, 4) is 33.4 Å². The van der Waals surface area contributed by atoms with Crippen LogP contribution in [0.5, 0.6) is 0 Å². The van der Waals surface area contributed by atoms with Gasteiger partial charge in [0.05, 0.1) is 42.0 Å². The largest absolute Gasteiger partial charge is 2.00 e. The smallest absolute Gasteiger partial charge is 0.383 e. The summed E-state index contributed by atoms with van der Waals surface area (Å²) in [5.74, 6) is 0. The van der Waals surface area contributed by atoms with Crippen LogP contribution in [-0.2, 0) is 52.6 Å². The molecule has 9 rings (SSSR count). The van der Waals surface area contributed by atoms with E-state index in [1.165, 1.54) is 5.56 Å². The van der Waals surface area contributed by atoms with Gasteiger partial charge in [0.25, 0.3) is 0 Å². The molecule has 9 aromatic rings. The Balaban J connectivity index is 0.000000323. The van der Waals surface area contributed by atoms with Gasteiger partial charge in [0.2, 0.25) is 0 Å². The Morgan fingerprint density at radius 2 is 0.826 bits per heavy atom. The van der Waals surface area contributed by atoms with E-state index in [4.69, 9.17) is 4.98 Å². The van der Waals surface area contributed by atoms with Crippen LogP contribution in [0.1, 0.15) is 61.0 Å². The molecule has 0 saturated heterocycles. The van der Waals surface area contributed by atoms with Crippen LogP contribution < -0.4 is 5.32 Å². The summed E-state index contributed by atoms with van der Waals surface area (Å²) < 4.78 is 0. The maximum absolute atomic E-state index is 11.5. The Morgan fingerprint density at radius 1 is 0.478 bits per heavy atom. The van der Waals surface area contributed by atoms with Crippen LogP contribution in [0.3, 0.4) is 0 Å². The molecule has 342 valence electrons. The minimum absolute atomic E-state index is 0.